The summed E-state index contributed by atoms with van der Waals surface area (Å²) in [4.78, 5) is 10.2. The van der Waals surface area contributed by atoms with Gasteiger partial charge in [0.05, 0.1) is 22.3 Å². The zero-order chi connectivity index (χ0) is 33.6. The third kappa shape index (κ3) is 5.91. The number of benzene rings is 5. The van der Waals surface area contributed by atoms with Crippen molar-refractivity contribution in [2.24, 2.45) is 0 Å². The number of aromatic nitrogens is 3. The molecule has 0 saturated carbocycles. The summed E-state index contributed by atoms with van der Waals surface area (Å²) in [7, 11) is 0. The van der Waals surface area contributed by atoms with Crippen LogP contribution in [0.3, 0.4) is 0 Å². The molecule has 1 N–H and O–H groups in total. The smallest absolute Gasteiger partial charge is 0.149 e. The number of para-hydroxylation sites is 1. The molecule has 0 radical (unpaired) electrons. The van der Waals surface area contributed by atoms with Crippen LogP contribution in [0.2, 0.25) is 0 Å². The second-order valence-corrected chi connectivity index (χ2v) is 14.6. The van der Waals surface area contributed by atoms with Crippen molar-refractivity contribution in [3.05, 3.63) is 145 Å². The Balaban J connectivity index is 1.58. The van der Waals surface area contributed by atoms with Crippen LogP contribution < -0.4 is 0 Å². The highest BCUT2D eigenvalue weighted by Gasteiger charge is 2.25. The van der Waals surface area contributed by atoms with Crippen molar-refractivity contribution in [3.8, 4) is 56.3 Å². The lowest BCUT2D eigenvalue weighted by molar-refractivity contribution is 0.477. The lowest BCUT2D eigenvalue weighted by Crippen LogP contribution is -2.12. The highest BCUT2D eigenvalue weighted by molar-refractivity contribution is 5.98. The summed E-state index contributed by atoms with van der Waals surface area (Å²) in [5.41, 5.74) is 12.0. The van der Waals surface area contributed by atoms with Crippen LogP contribution >= 0.6 is 0 Å². The lowest BCUT2D eigenvalue weighted by Gasteiger charge is -2.23. The van der Waals surface area contributed by atoms with Gasteiger partial charge in [0.2, 0.25) is 0 Å². The van der Waals surface area contributed by atoms with Crippen molar-refractivity contribution < 1.29 is 5.11 Å². The van der Waals surface area contributed by atoms with Gasteiger partial charge >= 0.3 is 0 Å². The van der Waals surface area contributed by atoms with E-state index < -0.39 is 0 Å². The summed E-state index contributed by atoms with van der Waals surface area (Å²) in [5.74, 6) is 0.877. The number of rotatable bonds is 5. The third-order valence-corrected chi connectivity index (χ3v) is 9.06. The van der Waals surface area contributed by atoms with Crippen LogP contribution in [0.1, 0.15) is 52.7 Å². The zero-order valence-corrected chi connectivity index (χ0v) is 28.5. The molecule has 2 aromatic heterocycles. The van der Waals surface area contributed by atoms with Gasteiger partial charge < -0.3 is 5.11 Å². The minimum atomic E-state index is -0.129. The number of imidazole rings is 1. The minimum absolute atomic E-state index is 0.0848. The third-order valence-electron chi connectivity index (χ3n) is 9.06. The molecule has 0 unspecified atom stereocenters. The first kappa shape index (κ1) is 31.1. The SMILES string of the molecule is CC(C)(C)c1cc(-c2ccccn2)cc(-c2cc(C(C)(C)C)cc3c2nc(-c2cc(-c4ccccc4)ccc2O)n3-c2ccccc2)c1. The van der Waals surface area contributed by atoms with E-state index in [2.05, 4.69) is 113 Å². The number of hydrogen-bond acceptors (Lipinski definition) is 3. The van der Waals surface area contributed by atoms with E-state index in [1.54, 1.807) is 6.07 Å². The largest absolute Gasteiger partial charge is 0.507 e. The van der Waals surface area contributed by atoms with Crippen LogP contribution in [-0.4, -0.2) is 19.6 Å². The summed E-state index contributed by atoms with van der Waals surface area (Å²) < 4.78 is 2.20. The maximum atomic E-state index is 11.4. The van der Waals surface area contributed by atoms with Gasteiger partial charge in [0.25, 0.3) is 0 Å². The van der Waals surface area contributed by atoms with E-state index in [1.807, 2.05) is 60.8 Å². The van der Waals surface area contributed by atoms with Gasteiger partial charge in [-0.2, -0.15) is 0 Å². The normalized spacial score (nSPS) is 12.0. The standard InChI is InChI=1S/C44H41N3O/c1-43(2,3)33-24-31(23-32(25-33)38-19-13-14-22-45-38)36-27-34(44(4,5)6)28-39-41(36)46-42(47(39)35-17-11-8-12-18-35)37-26-30(20-21-40(37)48)29-15-9-7-10-16-29/h7-28,48H,1-6H3. The molecule has 0 atom stereocenters. The number of phenols is 1. The Hall–Kier alpha value is -5.48. The van der Waals surface area contributed by atoms with Gasteiger partial charge in [0.1, 0.15) is 11.6 Å². The minimum Gasteiger partial charge on any atom is -0.507 e. The fraction of sp³-hybridized carbons (Fsp3) is 0.182. The van der Waals surface area contributed by atoms with E-state index in [-0.39, 0.29) is 16.6 Å². The summed E-state index contributed by atoms with van der Waals surface area (Å²) in [6, 6.07) is 43.8. The van der Waals surface area contributed by atoms with Crippen LogP contribution in [0.5, 0.6) is 5.75 Å². The monoisotopic (exact) mass is 627 g/mol. The molecule has 0 aliphatic heterocycles. The van der Waals surface area contributed by atoms with Crippen LogP contribution in [0.25, 0.3) is 61.6 Å². The molecule has 0 aliphatic carbocycles. The van der Waals surface area contributed by atoms with E-state index in [1.165, 1.54) is 11.1 Å². The van der Waals surface area contributed by atoms with E-state index in [9.17, 15) is 5.11 Å². The summed E-state index contributed by atoms with van der Waals surface area (Å²) in [6.45, 7) is 13.5. The topological polar surface area (TPSA) is 50.9 Å². The predicted octanol–water partition coefficient (Wildman–Crippen LogP) is 11.4. The van der Waals surface area contributed by atoms with Gasteiger partial charge in [0.15, 0.2) is 0 Å². The molecule has 5 aromatic carbocycles. The number of hydrogen-bond donors (Lipinski definition) is 1. The highest BCUT2D eigenvalue weighted by atomic mass is 16.3. The molecule has 7 rings (SSSR count). The van der Waals surface area contributed by atoms with Crippen LogP contribution in [0.4, 0.5) is 0 Å². The molecule has 0 amide bonds. The van der Waals surface area contributed by atoms with Crippen molar-refractivity contribution in [3.63, 3.8) is 0 Å². The van der Waals surface area contributed by atoms with Crippen molar-refractivity contribution in [1.82, 2.24) is 14.5 Å². The van der Waals surface area contributed by atoms with Gasteiger partial charge in [0, 0.05) is 23.0 Å². The molecule has 2 heterocycles. The Morgan fingerprint density at radius 3 is 1.85 bits per heavy atom. The molecule has 4 heteroatoms. The van der Waals surface area contributed by atoms with Crippen molar-refractivity contribution in [1.29, 1.82) is 0 Å². The first-order chi connectivity index (χ1) is 23.0. The van der Waals surface area contributed by atoms with E-state index in [0.29, 0.717) is 11.4 Å². The maximum Gasteiger partial charge on any atom is 0.149 e. The number of fused-ring (bicyclic) bond motifs is 1. The first-order valence-electron chi connectivity index (χ1n) is 16.6. The number of nitrogens with zero attached hydrogens (tertiary/aromatic N) is 3. The molecule has 0 spiro atoms. The second-order valence-electron chi connectivity index (χ2n) is 14.6. The van der Waals surface area contributed by atoms with Gasteiger partial charge in [-0.1, -0.05) is 108 Å². The van der Waals surface area contributed by atoms with Gasteiger partial charge in [-0.25, -0.2) is 4.98 Å². The van der Waals surface area contributed by atoms with Crippen molar-refractivity contribution in [2.45, 2.75) is 52.4 Å². The zero-order valence-electron chi connectivity index (χ0n) is 28.5. The average Bonchev–Trinajstić information content (AvgIpc) is 3.48. The number of aromatic hydroxyl groups is 1. The average molecular weight is 628 g/mol. The highest BCUT2D eigenvalue weighted by Crippen LogP contribution is 2.42. The summed E-state index contributed by atoms with van der Waals surface area (Å²) >= 11 is 0. The Morgan fingerprint density at radius 2 is 1.19 bits per heavy atom. The van der Waals surface area contributed by atoms with Crippen LogP contribution in [0, 0.1) is 0 Å². The Bertz CT molecular complexity index is 2240. The Morgan fingerprint density at radius 1 is 0.542 bits per heavy atom. The molecule has 48 heavy (non-hydrogen) atoms. The fourth-order valence-corrected chi connectivity index (χ4v) is 6.27. The molecule has 4 nitrogen and oxygen atoms in total. The van der Waals surface area contributed by atoms with Gasteiger partial charge in [-0.05, 0) is 99.3 Å². The molecule has 0 saturated heterocycles. The first-order valence-corrected chi connectivity index (χ1v) is 16.6. The lowest BCUT2D eigenvalue weighted by atomic mass is 9.82. The quantitative estimate of drug-likeness (QED) is 0.207. The van der Waals surface area contributed by atoms with E-state index in [0.717, 1.165) is 50.2 Å². The van der Waals surface area contributed by atoms with Gasteiger partial charge in [-0.15, -0.1) is 0 Å². The molecule has 0 aliphatic rings. The molecule has 0 fully saturated rings. The van der Waals surface area contributed by atoms with Crippen LogP contribution in [-0.2, 0) is 10.8 Å². The summed E-state index contributed by atoms with van der Waals surface area (Å²) in [6.07, 6.45) is 1.85. The Kier molecular flexibility index (Phi) is 7.75. The Labute approximate surface area is 283 Å². The number of phenolic OH excluding ortho intramolecular Hbond substituents is 1. The molecular weight excluding hydrogens is 587 g/mol. The van der Waals surface area contributed by atoms with E-state index >= 15 is 0 Å². The van der Waals surface area contributed by atoms with Crippen molar-refractivity contribution in [2.75, 3.05) is 0 Å². The van der Waals surface area contributed by atoms with Crippen LogP contribution in [0.15, 0.2) is 134 Å². The molecule has 238 valence electrons. The maximum absolute atomic E-state index is 11.4. The van der Waals surface area contributed by atoms with Gasteiger partial charge in [-0.3, -0.25) is 9.55 Å². The van der Waals surface area contributed by atoms with Crippen molar-refractivity contribution >= 4 is 11.0 Å². The number of pyridine rings is 1. The summed E-state index contributed by atoms with van der Waals surface area (Å²) in [5, 5.41) is 11.4. The molecule has 0 bridgehead atoms. The van der Waals surface area contributed by atoms with E-state index in [4.69, 9.17) is 9.97 Å². The molecule has 7 aromatic rings. The second kappa shape index (κ2) is 12.0. The predicted molar refractivity (Wildman–Crippen MR) is 200 cm³/mol. The molecular formula is C44H41N3O. The fourth-order valence-electron chi connectivity index (χ4n) is 6.27.